The van der Waals surface area contributed by atoms with Crippen LogP contribution in [0.15, 0.2) is 30.3 Å². The highest BCUT2D eigenvalue weighted by Gasteiger charge is 2.48. The molecule has 0 aliphatic heterocycles. The summed E-state index contributed by atoms with van der Waals surface area (Å²) in [5.41, 5.74) is 8.89. The molecule has 0 fully saturated rings. The van der Waals surface area contributed by atoms with Crippen molar-refractivity contribution in [2.24, 2.45) is 11.5 Å². The van der Waals surface area contributed by atoms with Gasteiger partial charge in [0.2, 0.25) is 5.54 Å². The van der Waals surface area contributed by atoms with Crippen molar-refractivity contribution in [3.63, 3.8) is 0 Å². The van der Waals surface area contributed by atoms with Gasteiger partial charge in [0.1, 0.15) is 12.2 Å². The van der Waals surface area contributed by atoms with Gasteiger partial charge in [-0.1, -0.05) is 30.3 Å². The summed E-state index contributed by atoms with van der Waals surface area (Å²) in [5, 5.41) is 2.33. The number of esters is 1. The molecule has 0 aromatic heterocycles. The van der Waals surface area contributed by atoms with Gasteiger partial charge in [-0.15, -0.1) is 0 Å². The number of carbonyl (C=O) groups is 3. The second-order valence-corrected chi connectivity index (χ2v) is 7.20. The Morgan fingerprint density at radius 2 is 1.70 bits per heavy atom. The number of carbonyl (C=O) groups excluding carboxylic acids is 3. The molecule has 1 atom stereocenters. The average Bonchev–Trinajstić information content (AvgIpc) is 2.58. The predicted molar refractivity (Wildman–Crippen MR) is 100 cm³/mol. The zero-order chi connectivity index (χ0) is 20.5. The van der Waals surface area contributed by atoms with Crippen LogP contribution >= 0.6 is 0 Å². The van der Waals surface area contributed by atoms with Crippen molar-refractivity contribution in [3.05, 3.63) is 35.9 Å². The zero-order valence-corrected chi connectivity index (χ0v) is 16.1. The number of nitrogens with two attached hydrogens (primary N) is 2. The van der Waals surface area contributed by atoms with Crippen LogP contribution < -0.4 is 16.8 Å². The minimum absolute atomic E-state index is 0.0353. The standard InChI is InChI=1S/C19H29N3O5/c1-18(2,3)27-17(25)22-19(15(21)23,11-7-8-12-20)16(24)26-13-14-9-5-4-6-10-14/h4-6,9-10H,7-8,11-13,20H2,1-3H3,(H2,21,23)(H,22,25)/t19-/m0/s1. The maximum absolute atomic E-state index is 12.8. The fraction of sp³-hybridized carbons (Fsp3) is 0.526. The number of nitrogens with one attached hydrogen (secondary N) is 1. The Morgan fingerprint density at radius 3 is 2.22 bits per heavy atom. The molecule has 0 saturated carbocycles. The summed E-state index contributed by atoms with van der Waals surface area (Å²) in [5.74, 6) is -1.94. The van der Waals surface area contributed by atoms with Crippen LogP contribution in [0.1, 0.15) is 45.6 Å². The molecular formula is C19H29N3O5. The molecule has 0 heterocycles. The van der Waals surface area contributed by atoms with E-state index in [1.807, 2.05) is 6.07 Å². The summed E-state index contributed by atoms with van der Waals surface area (Å²) >= 11 is 0. The van der Waals surface area contributed by atoms with Crippen LogP contribution in [0.3, 0.4) is 0 Å². The van der Waals surface area contributed by atoms with E-state index in [4.69, 9.17) is 20.9 Å². The summed E-state index contributed by atoms with van der Waals surface area (Å²) in [4.78, 5) is 37.2. The van der Waals surface area contributed by atoms with E-state index >= 15 is 0 Å². The van der Waals surface area contributed by atoms with Crippen LogP contribution in [0, 0.1) is 0 Å². The molecule has 2 amide bonds. The Balaban J connectivity index is 2.99. The van der Waals surface area contributed by atoms with E-state index in [0.29, 0.717) is 19.4 Å². The number of amides is 2. The van der Waals surface area contributed by atoms with Crippen molar-refractivity contribution in [1.29, 1.82) is 0 Å². The maximum Gasteiger partial charge on any atom is 0.408 e. The Hall–Kier alpha value is -2.61. The molecule has 0 aliphatic carbocycles. The van der Waals surface area contributed by atoms with Crippen molar-refractivity contribution in [1.82, 2.24) is 5.32 Å². The Bertz CT molecular complexity index is 642. The molecule has 0 spiro atoms. The minimum atomic E-state index is -2.02. The summed E-state index contributed by atoms with van der Waals surface area (Å²) in [6, 6.07) is 8.97. The van der Waals surface area contributed by atoms with Crippen molar-refractivity contribution < 1.29 is 23.9 Å². The number of primary amides is 1. The SMILES string of the molecule is CC(C)(C)OC(=O)N[C@@](CCCCN)(C(N)=O)C(=O)OCc1ccccc1. The fourth-order valence-corrected chi connectivity index (χ4v) is 2.36. The molecule has 27 heavy (non-hydrogen) atoms. The number of alkyl carbamates (subject to hydrolysis) is 1. The lowest BCUT2D eigenvalue weighted by molar-refractivity contribution is -0.157. The maximum atomic E-state index is 12.8. The number of benzene rings is 1. The summed E-state index contributed by atoms with van der Waals surface area (Å²) < 4.78 is 10.4. The van der Waals surface area contributed by atoms with Crippen molar-refractivity contribution >= 4 is 18.0 Å². The number of ether oxygens (including phenoxy) is 2. The fourth-order valence-electron chi connectivity index (χ4n) is 2.36. The Morgan fingerprint density at radius 1 is 1.07 bits per heavy atom. The minimum Gasteiger partial charge on any atom is -0.459 e. The third-order valence-corrected chi connectivity index (χ3v) is 3.70. The Labute approximate surface area is 159 Å². The number of unbranched alkanes of at least 4 members (excludes halogenated alkanes) is 1. The first-order valence-electron chi connectivity index (χ1n) is 8.83. The van der Waals surface area contributed by atoms with Gasteiger partial charge in [-0.3, -0.25) is 10.1 Å². The lowest BCUT2D eigenvalue weighted by atomic mass is 9.91. The van der Waals surface area contributed by atoms with Gasteiger partial charge in [0.05, 0.1) is 0 Å². The van der Waals surface area contributed by atoms with Gasteiger partial charge in [-0.05, 0) is 52.1 Å². The first-order valence-corrected chi connectivity index (χ1v) is 8.83. The van der Waals surface area contributed by atoms with E-state index in [2.05, 4.69) is 5.32 Å². The predicted octanol–water partition coefficient (Wildman–Crippen LogP) is 1.61. The molecule has 5 N–H and O–H groups in total. The van der Waals surface area contributed by atoms with Gasteiger partial charge >= 0.3 is 12.1 Å². The second kappa shape index (κ2) is 9.91. The number of hydrogen-bond donors (Lipinski definition) is 3. The zero-order valence-electron chi connectivity index (χ0n) is 16.1. The Kier molecular flexibility index (Phi) is 8.24. The molecule has 1 rings (SSSR count). The van der Waals surface area contributed by atoms with Crippen LogP contribution in [0.2, 0.25) is 0 Å². The van der Waals surface area contributed by atoms with Gasteiger partial charge in [0, 0.05) is 0 Å². The number of hydrogen-bond acceptors (Lipinski definition) is 6. The van der Waals surface area contributed by atoms with E-state index in [1.54, 1.807) is 45.0 Å². The normalized spacial score (nSPS) is 13.3. The molecule has 0 radical (unpaired) electrons. The highest BCUT2D eigenvalue weighted by molar-refractivity contribution is 6.08. The highest BCUT2D eigenvalue weighted by Crippen LogP contribution is 2.19. The van der Waals surface area contributed by atoms with Crippen molar-refractivity contribution in [2.45, 2.75) is 57.8 Å². The van der Waals surface area contributed by atoms with Crippen molar-refractivity contribution in [3.8, 4) is 0 Å². The largest absolute Gasteiger partial charge is 0.459 e. The molecule has 1 aromatic rings. The highest BCUT2D eigenvalue weighted by atomic mass is 16.6. The van der Waals surface area contributed by atoms with E-state index in [1.165, 1.54) is 0 Å². The first kappa shape index (κ1) is 22.4. The van der Waals surface area contributed by atoms with Crippen molar-refractivity contribution in [2.75, 3.05) is 6.54 Å². The van der Waals surface area contributed by atoms with Gasteiger partial charge in [0.15, 0.2) is 0 Å². The molecule has 8 nitrogen and oxygen atoms in total. The molecule has 150 valence electrons. The number of rotatable bonds is 9. The van der Waals surface area contributed by atoms with Crippen LogP contribution in [0.4, 0.5) is 4.79 Å². The van der Waals surface area contributed by atoms with Crippen LogP contribution in [-0.2, 0) is 25.7 Å². The topological polar surface area (TPSA) is 134 Å². The van der Waals surface area contributed by atoms with Gasteiger partial charge in [0.25, 0.3) is 5.91 Å². The molecule has 8 heteroatoms. The van der Waals surface area contributed by atoms with Gasteiger partial charge in [-0.2, -0.15) is 0 Å². The second-order valence-electron chi connectivity index (χ2n) is 7.20. The lowest BCUT2D eigenvalue weighted by Gasteiger charge is -2.30. The van der Waals surface area contributed by atoms with Crippen LogP contribution in [0.5, 0.6) is 0 Å². The molecule has 0 aliphatic rings. The lowest BCUT2D eigenvalue weighted by Crippen LogP contribution is -2.63. The molecule has 0 bridgehead atoms. The third-order valence-electron chi connectivity index (χ3n) is 3.70. The van der Waals surface area contributed by atoms with Gasteiger partial charge in [-0.25, -0.2) is 9.59 Å². The average molecular weight is 379 g/mol. The van der Waals surface area contributed by atoms with E-state index in [0.717, 1.165) is 5.56 Å². The third kappa shape index (κ3) is 7.26. The molecule has 0 unspecified atom stereocenters. The van der Waals surface area contributed by atoms with Gasteiger partial charge < -0.3 is 20.9 Å². The molecular weight excluding hydrogens is 350 g/mol. The van der Waals surface area contributed by atoms with Crippen LogP contribution in [0.25, 0.3) is 0 Å². The monoisotopic (exact) mass is 379 g/mol. The van der Waals surface area contributed by atoms with Crippen LogP contribution in [-0.4, -0.2) is 35.7 Å². The van der Waals surface area contributed by atoms with E-state index in [-0.39, 0.29) is 13.0 Å². The smallest absolute Gasteiger partial charge is 0.408 e. The van der Waals surface area contributed by atoms with E-state index < -0.39 is 29.1 Å². The molecule has 0 saturated heterocycles. The summed E-state index contributed by atoms with van der Waals surface area (Å²) in [6.45, 7) is 5.32. The van der Waals surface area contributed by atoms with E-state index in [9.17, 15) is 14.4 Å². The molecule has 1 aromatic carbocycles. The summed E-state index contributed by atoms with van der Waals surface area (Å²) in [6.07, 6.45) is -0.00953. The quantitative estimate of drug-likeness (QED) is 0.339. The first-order chi connectivity index (χ1) is 12.6. The summed E-state index contributed by atoms with van der Waals surface area (Å²) in [7, 11) is 0.